The van der Waals surface area contributed by atoms with Gasteiger partial charge in [0.2, 0.25) is 0 Å². The molecule has 0 bridgehead atoms. The number of hydrogen-bond acceptors (Lipinski definition) is 8. The Hall–Kier alpha value is -3.49. The lowest BCUT2D eigenvalue weighted by Crippen LogP contribution is -2.53. The number of rotatable bonds is 9. The van der Waals surface area contributed by atoms with Crippen molar-refractivity contribution in [3.8, 4) is 17.2 Å². The molecule has 1 unspecified atom stereocenters. The molecule has 2 aromatic carbocycles. The Labute approximate surface area is 301 Å². The number of aryl methyl sites for hydroxylation is 1. The summed E-state index contributed by atoms with van der Waals surface area (Å²) in [5.74, 6) is 3.24. The summed E-state index contributed by atoms with van der Waals surface area (Å²) in [5, 5.41) is 14.4. The summed E-state index contributed by atoms with van der Waals surface area (Å²) in [6, 6.07) is 14.0. The van der Waals surface area contributed by atoms with Crippen LogP contribution in [0, 0.1) is 17.8 Å². The molecule has 1 aromatic heterocycles. The minimum absolute atomic E-state index is 0.0956. The van der Waals surface area contributed by atoms with Gasteiger partial charge in [0.05, 0.1) is 39.0 Å². The number of halogens is 1. The molecule has 1 fully saturated rings. The van der Waals surface area contributed by atoms with E-state index in [4.69, 9.17) is 30.5 Å². The fraction of sp³-hybridized carbons (Fsp3) is 0.561. The first-order valence-electron chi connectivity index (χ1n) is 18.4. The van der Waals surface area contributed by atoms with Gasteiger partial charge in [0.25, 0.3) is 0 Å². The lowest BCUT2D eigenvalue weighted by atomic mass is 9.59. The van der Waals surface area contributed by atoms with Crippen molar-refractivity contribution >= 4 is 23.3 Å². The van der Waals surface area contributed by atoms with Crippen LogP contribution >= 0.6 is 11.6 Å². The number of fused-ring (bicyclic) bond motifs is 4. The van der Waals surface area contributed by atoms with Crippen LogP contribution in [0.1, 0.15) is 94.0 Å². The van der Waals surface area contributed by atoms with Gasteiger partial charge in [-0.05, 0) is 135 Å². The molecule has 0 radical (unpaired) electrons. The van der Waals surface area contributed by atoms with E-state index in [1.54, 1.807) is 6.92 Å². The average molecular weight is 703 g/mol. The number of aromatic nitrogens is 1. The molecule has 0 saturated heterocycles. The van der Waals surface area contributed by atoms with Crippen LogP contribution in [0.25, 0.3) is 0 Å². The van der Waals surface area contributed by atoms with Crippen molar-refractivity contribution in [3.63, 3.8) is 0 Å². The Morgan fingerprint density at radius 1 is 1.10 bits per heavy atom. The van der Waals surface area contributed by atoms with E-state index in [0.29, 0.717) is 55.4 Å². The smallest absolute Gasteiger partial charge is 0.331 e. The van der Waals surface area contributed by atoms with Gasteiger partial charge in [0, 0.05) is 28.2 Å². The number of benzene rings is 2. The van der Waals surface area contributed by atoms with Crippen LogP contribution in [0.15, 0.2) is 48.7 Å². The topological polar surface area (TPSA) is 99.1 Å². The van der Waals surface area contributed by atoms with Crippen molar-refractivity contribution in [2.45, 2.75) is 102 Å². The van der Waals surface area contributed by atoms with Crippen LogP contribution in [0.2, 0.25) is 5.02 Å². The van der Waals surface area contributed by atoms with Crippen LogP contribution < -0.4 is 19.5 Å². The van der Waals surface area contributed by atoms with Crippen molar-refractivity contribution in [2.75, 3.05) is 32.2 Å². The first kappa shape index (κ1) is 34.9. The zero-order valence-electron chi connectivity index (χ0n) is 29.8. The fourth-order valence-electron chi connectivity index (χ4n) is 9.24. The maximum Gasteiger partial charge on any atom is 0.331 e. The van der Waals surface area contributed by atoms with Crippen LogP contribution in [-0.4, -0.2) is 54.6 Å². The first-order valence-corrected chi connectivity index (χ1v) is 18.8. The number of nitrogens with one attached hydrogen (secondary N) is 1. The Bertz CT molecular complexity index is 1700. The Balaban J connectivity index is 1.16. The second-order valence-electron chi connectivity index (χ2n) is 15.5. The van der Waals surface area contributed by atoms with E-state index in [-0.39, 0.29) is 17.3 Å². The molecule has 9 heteroatoms. The molecule has 1 aliphatic heterocycles. The summed E-state index contributed by atoms with van der Waals surface area (Å²) in [6.07, 6.45) is 9.51. The van der Waals surface area contributed by atoms with E-state index >= 15 is 0 Å². The number of carbonyl (C=O) groups excluding carboxylic acids is 1. The number of aliphatic hydroxyl groups excluding tert-OH is 1. The minimum Gasteiger partial charge on any atom is -0.493 e. The standard InChI is InChI=1S/C41H51ClN2O6/c1-25(22-48-35-11-16-43-34-10-5-7-26(2)38(34)35)17-30-18-28-19-36-37(50-24-29(23-49-36)27(3)45)21-33(28)40(30)12-14-41(15-13-40,39(46)47-4)44-32-9-6-8-31(42)20-32/h6,8-9,11,16,19-21,25-27,29-30,44-45H,5,7,10,12-15,17-18,22-24H2,1-4H3/t25-,26-,27-,29?,30+,40?,41?/m1/s1. The molecule has 8 nitrogen and oxygen atoms in total. The molecule has 2 N–H and O–H groups in total. The van der Waals surface area contributed by atoms with Crippen LogP contribution in [0.4, 0.5) is 5.69 Å². The van der Waals surface area contributed by atoms with Gasteiger partial charge in [-0.15, -0.1) is 0 Å². The molecule has 2 heterocycles. The molecule has 4 aliphatic rings. The number of methoxy groups -OCH3 is 1. The summed E-state index contributed by atoms with van der Waals surface area (Å²) >= 11 is 6.34. The summed E-state index contributed by atoms with van der Waals surface area (Å²) in [5.41, 5.74) is 4.84. The predicted molar refractivity (Wildman–Crippen MR) is 195 cm³/mol. The van der Waals surface area contributed by atoms with E-state index in [2.05, 4.69) is 36.3 Å². The van der Waals surface area contributed by atoms with Crippen molar-refractivity contribution in [3.05, 3.63) is 76.1 Å². The quantitative estimate of drug-likeness (QED) is 0.216. The lowest BCUT2D eigenvalue weighted by molar-refractivity contribution is -0.148. The highest BCUT2D eigenvalue weighted by Crippen LogP contribution is 2.58. The highest BCUT2D eigenvalue weighted by atomic mass is 35.5. The minimum atomic E-state index is -0.861. The zero-order valence-corrected chi connectivity index (χ0v) is 30.6. The lowest BCUT2D eigenvalue weighted by Gasteiger charge is -2.47. The van der Waals surface area contributed by atoms with Crippen molar-refractivity contribution < 1.29 is 28.8 Å². The van der Waals surface area contributed by atoms with Crippen LogP contribution in [0.5, 0.6) is 17.2 Å². The van der Waals surface area contributed by atoms with Gasteiger partial charge in [-0.1, -0.05) is 31.5 Å². The average Bonchev–Trinajstić information content (AvgIpc) is 3.22. The molecule has 3 aliphatic carbocycles. The highest BCUT2D eigenvalue weighted by molar-refractivity contribution is 6.30. The van der Waals surface area contributed by atoms with Gasteiger partial charge in [0.15, 0.2) is 11.5 Å². The highest BCUT2D eigenvalue weighted by Gasteiger charge is 2.55. The number of aliphatic hydroxyl groups is 1. The SMILES string of the molecule is COC(=O)C1(Nc2cccc(Cl)c2)CCC2(CC1)c1cc3c(cc1C[C@@H]2C[C@@H](C)COc1ccnc2c1[C@H](C)CCC2)OCC([C@@H](C)O)CO3. The summed E-state index contributed by atoms with van der Waals surface area (Å²) in [6.45, 7) is 7.83. The van der Waals surface area contributed by atoms with Gasteiger partial charge in [-0.3, -0.25) is 4.98 Å². The van der Waals surface area contributed by atoms with Gasteiger partial charge < -0.3 is 29.4 Å². The summed E-state index contributed by atoms with van der Waals surface area (Å²) < 4.78 is 24.6. The summed E-state index contributed by atoms with van der Waals surface area (Å²) in [4.78, 5) is 18.2. The molecular weight excluding hydrogens is 652 g/mol. The first-order chi connectivity index (χ1) is 24.1. The largest absolute Gasteiger partial charge is 0.493 e. The molecule has 5 atom stereocenters. The van der Waals surface area contributed by atoms with E-state index in [1.165, 1.54) is 42.3 Å². The molecule has 3 aromatic rings. The molecule has 50 heavy (non-hydrogen) atoms. The molecular formula is C41H51ClN2O6. The second kappa shape index (κ2) is 14.3. The number of ether oxygens (including phenoxy) is 4. The fourth-order valence-corrected chi connectivity index (χ4v) is 9.43. The number of carbonyl (C=O) groups is 1. The van der Waals surface area contributed by atoms with E-state index < -0.39 is 11.6 Å². The van der Waals surface area contributed by atoms with E-state index in [9.17, 15) is 9.90 Å². The summed E-state index contributed by atoms with van der Waals surface area (Å²) in [7, 11) is 1.47. The van der Waals surface area contributed by atoms with Crippen LogP contribution in [-0.2, 0) is 27.8 Å². The number of hydrogen-bond donors (Lipinski definition) is 2. The van der Waals surface area contributed by atoms with Crippen molar-refractivity contribution in [2.24, 2.45) is 17.8 Å². The predicted octanol–water partition coefficient (Wildman–Crippen LogP) is 8.06. The second-order valence-corrected chi connectivity index (χ2v) is 15.9. The van der Waals surface area contributed by atoms with Crippen molar-refractivity contribution in [1.29, 1.82) is 0 Å². The third-order valence-electron chi connectivity index (χ3n) is 12.1. The molecule has 268 valence electrons. The van der Waals surface area contributed by atoms with Crippen molar-refractivity contribution in [1.82, 2.24) is 4.98 Å². The molecule has 1 spiro atoms. The molecule has 7 rings (SSSR count). The number of pyridine rings is 1. The van der Waals surface area contributed by atoms with Gasteiger partial charge in [-0.25, -0.2) is 4.79 Å². The zero-order chi connectivity index (χ0) is 35.0. The normalized spacial score (nSPS) is 28.2. The maximum atomic E-state index is 13.6. The van der Waals surface area contributed by atoms with Crippen LogP contribution in [0.3, 0.4) is 0 Å². The number of anilines is 1. The van der Waals surface area contributed by atoms with E-state index in [1.807, 2.05) is 36.5 Å². The monoisotopic (exact) mass is 702 g/mol. The Morgan fingerprint density at radius 3 is 2.58 bits per heavy atom. The maximum absolute atomic E-state index is 13.6. The third-order valence-corrected chi connectivity index (χ3v) is 12.3. The molecule has 1 saturated carbocycles. The van der Waals surface area contributed by atoms with Gasteiger partial charge >= 0.3 is 5.97 Å². The van der Waals surface area contributed by atoms with Gasteiger partial charge in [-0.2, -0.15) is 0 Å². The van der Waals surface area contributed by atoms with E-state index in [0.717, 1.165) is 55.0 Å². The Kier molecular flexibility index (Phi) is 9.97. The molecule has 0 amide bonds. The van der Waals surface area contributed by atoms with Gasteiger partial charge in [0.1, 0.15) is 11.3 Å². The Morgan fingerprint density at radius 2 is 1.86 bits per heavy atom. The third kappa shape index (κ3) is 6.66. The number of esters is 1. The number of nitrogens with zero attached hydrogens (tertiary/aromatic N) is 1.